The van der Waals surface area contributed by atoms with Crippen LogP contribution in [0.5, 0.6) is 0 Å². The molecule has 1 amide bonds. The van der Waals surface area contributed by atoms with Crippen molar-refractivity contribution < 1.29 is 4.79 Å². The molecule has 0 aliphatic carbocycles. The lowest BCUT2D eigenvalue weighted by Crippen LogP contribution is -2.49. The molecule has 0 N–H and O–H groups in total. The molecule has 7 heteroatoms. The summed E-state index contributed by atoms with van der Waals surface area (Å²) < 4.78 is 1.72. The number of aromatic nitrogens is 2. The molecule has 2 aliphatic heterocycles. The number of thioether (sulfide) groups is 1. The van der Waals surface area contributed by atoms with E-state index in [1.165, 1.54) is 24.6 Å². The third-order valence-electron chi connectivity index (χ3n) is 4.56. The van der Waals surface area contributed by atoms with Gasteiger partial charge in [0, 0.05) is 56.5 Å². The number of carbonyl (C=O) groups excluding carboxylic acids is 1. The van der Waals surface area contributed by atoms with Crippen molar-refractivity contribution in [2.24, 2.45) is 0 Å². The minimum atomic E-state index is -0.0233. The Kier molecular flexibility index (Phi) is 5.31. The Morgan fingerprint density at radius 2 is 2.00 bits per heavy atom. The van der Waals surface area contributed by atoms with E-state index in [1.54, 1.807) is 10.9 Å². The van der Waals surface area contributed by atoms with Gasteiger partial charge in [-0.3, -0.25) is 14.4 Å². The second kappa shape index (κ2) is 7.23. The maximum atomic E-state index is 12.6. The van der Waals surface area contributed by atoms with Crippen LogP contribution in [0.1, 0.15) is 30.3 Å². The molecule has 2 aliphatic rings. The Bertz CT molecular complexity index is 522. The van der Waals surface area contributed by atoms with Crippen LogP contribution >= 0.6 is 23.4 Å². The molecule has 2 fully saturated rings. The van der Waals surface area contributed by atoms with Crippen LogP contribution in [0.15, 0.2) is 6.20 Å². The molecule has 0 atom stereocenters. The number of nitrogens with zero attached hydrogens (tertiary/aromatic N) is 4. The predicted octanol–water partition coefficient (Wildman–Crippen LogP) is 2.21. The summed E-state index contributed by atoms with van der Waals surface area (Å²) in [6.45, 7) is 6.71. The average Bonchev–Trinajstić information content (AvgIpc) is 2.96. The number of hydrogen-bond donors (Lipinski definition) is 0. The van der Waals surface area contributed by atoms with E-state index < -0.39 is 0 Å². The van der Waals surface area contributed by atoms with Crippen LogP contribution in [0.25, 0.3) is 0 Å². The van der Waals surface area contributed by atoms with Crippen molar-refractivity contribution in [3.05, 3.63) is 16.9 Å². The van der Waals surface area contributed by atoms with E-state index in [0.29, 0.717) is 16.8 Å². The van der Waals surface area contributed by atoms with Gasteiger partial charge in [-0.15, -0.1) is 0 Å². The first-order chi connectivity index (χ1) is 10.7. The number of rotatable bonds is 3. The van der Waals surface area contributed by atoms with E-state index in [9.17, 15) is 4.79 Å². The normalized spacial score (nSPS) is 21.3. The highest BCUT2D eigenvalue weighted by Crippen LogP contribution is 2.23. The third kappa shape index (κ3) is 3.44. The summed E-state index contributed by atoms with van der Waals surface area (Å²) in [5.74, 6) is 2.46. The monoisotopic (exact) mass is 342 g/mol. The van der Waals surface area contributed by atoms with Gasteiger partial charge in [-0.2, -0.15) is 16.9 Å². The molecule has 0 radical (unpaired) electrons. The molecule has 0 aromatic carbocycles. The zero-order chi connectivity index (χ0) is 15.5. The molecule has 122 valence electrons. The van der Waals surface area contributed by atoms with Gasteiger partial charge in [0.15, 0.2) is 5.69 Å². The van der Waals surface area contributed by atoms with E-state index in [1.807, 2.05) is 23.6 Å². The highest BCUT2D eigenvalue weighted by molar-refractivity contribution is 7.99. The fourth-order valence-corrected chi connectivity index (χ4v) is 4.39. The van der Waals surface area contributed by atoms with E-state index >= 15 is 0 Å². The summed E-state index contributed by atoms with van der Waals surface area (Å²) in [5, 5.41) is 4.75. The highest BCUT2D eigenvalue weighted by Gasteiger charge is 2.29. The van der Waals surface area contributed by atoms with Crippen LogP contribution in [0.2, 0.25) is 5.02 Å². The second-order valence-electron chi connectivity index (χ2n) is 5.85. The smallest absolute Gasteiger partial charge is 0.275 e. The molecule has 0 spiro atoms. The molecular formula is C15H23ClN4OS. The topological polar surface area (TPSA) is 41.4 Å². The Balaban J connectivity index is 1.58. The maximum Gasteiger partial charge on any atom is 0.275 e. The van der Waals surface area contributed by atoms with Gasteiger partial charge in [-0.05, 0) is 19.8 Å². The summed E-state index contributed by atoms with van der Waals surface area (Å²) in [7, 11) is 0. The lowest BCUT2D eigenvalue weighted by molar-refractivity contribution is 0.0624. The number of halogens is 1. The van der Waals surface area contributed by atoms with E-state index in [0.717, 1.165) is 32.5 Å². The first-order valence-corrected chi connectivity index (χ1v) is 9.56. The molecule has 1 aromatic rings. The minimum Gasteiger partial charge on any atom is -0.337 e. The Hall–Kier alpha value is -0.720. The van der Waals surface area contributed by atoms with Gasteiger partial charge in [0.25, 0.3) is 5.91 Å². The lowest BCUT2D eigenvalue weighted by Gasteiger charge is -2.39. The molecule has 0 unspecified atom stereocenters. The number of piperidine rings is 1. The van der Waals surface area contributed by atoms with Crippen molar-refractivity contribution in [1.29, 1.82) is 0 Å². The van der Waals surface area contributed by atoms with E-state index in [2.05, 4.69) is 10.00 Å². The van der Waals surface area contributed by atoms with Gasteiger partial charge in [0.2, 0.25) is 0 Å². The maximum absolute atomic E-state index is 12.6. The average molecular weight is 343 g/mol. The SMILES string of the molecule is CCn1cc(Cl)c(C(=O)N2CCC(N3CCSCC3)CC2)n1. The van der Waals surface area contributed by atoms with Crippen molar-refractivity contribution in [3.8, 4) is 0 Å². The third-order valence-corrected chi connectivity index (χ3v) is 5.78. The van der Waals surface area contributed by atoms with Crippen LogP contribution in [0, 0.1) is 0 Å². The summed E-state index contributed by atoms with van der Waals surface area (Å²) in [6.07, 6.45) is 3.85. The van der Waals surface area contributed by atoms with Gasteiger partial charge in [0.05, 0.1) is 5.02 Å². The summed E-state index contributed by atoms with van der Waals surface area (Å²) in [5.41, 5.74) is 0.399. The van der Waals surface area contributed by atoms with Crippen molar-refractivity contribution in [1.82, 2.24) is 19.6 Å². The molecule has 3 rings (SSSR count). The van der Waals surface area contributed by atoms with Crippen LogP contribution in [0.4, 0.5) is 0 Å². The summed E-state index contributed by atoms with van der Waals surface area (Å²) in [4.78, 5) is 17.1. The van der Waals surface area contributed by atoms with Crippen molar-refractivity contribution in [2.45, 2.75) is 32.4 Å². The fourth-order valence-electron chi connectivity index (χ4n) is 3.23. The lowest BCUT2D eigenvalue weighted by atomic mass is 10.0. The summed E-state index contributed by atoms with van der Waals surface area (Å²) in [6, 6.07) is 0.633. The highest BCUT2D eigenvalue weighted by atomic mass is 35.5. The zero-order valence-electron chi connectivity index (χ0n) is 13.0. The van der Waals surface area contributed by atoms with Crippen molar-refractivity contribution >= 4 is 29.3 Å². The minimum absolute atomic E-state index is 0.0233. The standard InChI is InChI=1S/C15H23ClN4OS/c1-2-20-11-13(16)14(17-20)15(21)19-5-3-12(4-6-19)18-7-9-22-10-8-18/h11-12H,2-10H2,1H3. The van der Waals surface area contributed by atoms with Gasteiger partial charge in [-0.1, -0.05) is 11.6 Å². The summed E-state index contributed by atoms with van der Waals surface area (Å²) >= 11 is 8.19. The zero-order valence-corrected chi connectivity index (χ0v) is 14.6. The second-order valence-corrected chi connectivity index (χ2v) is 7.48. The van der Waals surface area contributed by atoms with Crippen LogP contribution in [-0.4, -0.2) is 69.2 Å². The molecule has 3 heterocycles. The van der Waals surface area contributed by atoms with Gasteiger partial charge in [0.1, 0.15) is 0 Å². The fraction of sp³-hybridized carbons (Fsp3) is 0.733. The molecule has 0 saturated carbocycles. The van der Waals surface area contributed by atoms with Gasteiger partial charge in [-0.25, -0.2) is 0 Å². The van der Waals surface area contributed by atoms with E-state index in [-0.39, 0.29) is 5.91 Å². The quantitative estimate of drug-likeness (QED) is 0.844. The Morgan fingerprint density at radius 1 is 1.32 bits per heavy atom. The first kappa shape index (κ1) is 16.1. The van der Waals surface area contributed by atoms with Crippen LogP contribution in [-0.2, 0) is 6.54 Å². The number of amides is 1. The molecule has 2 saturated heterocycles. The van der Waals surface area contributed by atoms with Crippen LogP contribution < -0.4 is 0 Å². The first-order valence-electron chi connectivity index (χ1n) is 8.03. The van der Waals surface area contributed by atoms with E-state index in [4.69, 9.17) is 11.6 Å². The number of likely N-dealkylation sites (tertiary alicyclic amines) is 1. The van der Waals surface area contributed by atoms with Crippen LogP contribution in [0.3, 0.4) is 0 Å². The predicted molar refractivity (Wildman–Crippen MR) is 90.7 cm³/mol. The molecule has 0 bridgehead atoms. The Morgan fingerprint density at radius 3 is 2.59 bits per heavy atom. The largest absolute Gasteiger partial charge is 0.337 e. The number of aryl methyl sites for hydroxylation is 1. The molecule has 1 aromatic heterocycles. The molecular weight excluding hydrogens is 320 g/mol. The number of carbonyl (C=O) groups is 1. The van der Waals surface area contributed by atoms with Crippen molar-refractivity contribution in [2.75, 3.05) is 37.7 Å². The molecule has 5 nitrogen and oxygen atoms in total. The Labute approximate surface area is 141 Å². The number of hydrogen-bond acceptors (Lipinski definition) is 4. The van der Waals surface area contributed by atoms with Gasteiger partial charge < -0.3 is 4.90 Å². The molecule has 22 heavy (non-hydrogen) atoms. The van der Waals surface area contributed by atoms with Crippen molar-refractivity contribution in [3.63, 3.8) is 0 Å². The van der Waals surface area contributed by atoms with Gasteiger partial charge >= 0.3 is 0 Å².